The maximum Gasteiger partial charge on any atom is 0.235 e. The zero-order chi connectivity index (χ0) is 14.2. The van der Waals surface area contributed by atoms with Gasteiger partial charge in [0.2, 0.25) is 6.08 Å². The predicted molar refractivity (Wildman–Crippen MR) is 80.7 cm³/mol. The van der Waals surface area contributed by atoms with Crippen LogP contribution in [0.3, 0.4) is 0 Å². The van der Waals surface area contributed by atoms with E-state index in [1.54, 1.807) is 6.08 Å². The highest BCUT2D eigenvalue weighted by Gasteiger charge is 2.42. The second-order valence-electron chi connectivity index (χ2n) is 5.87. The first-order valence-electron chi connectivity index (χ1n) is 7.31. The maximum atomic E-state index is 10.7. The van der Waals surface area contributed by atoms with Gasteiger partial charge in [0.05, 0.1) is 4.47 Å². The summed E-state index contributed by atoms with van der Waals surface area (Å²) in [7, 11) is 0. The minimum Gasteiger partial charge on any atom is -0.506 e. The van der Waals surface area contributed by atoms with Crippen molar-refractivity contribution in [2.75, 3.05) is 0 Å². The van der Waals surface area contributed by atoms with Crippen molar-refractivity contribution in [2.24, 2.45) is 4.99 Å². The third-order valence-corrected chi connectivity index (χ3v) is 5.60. The van der Waals surface area contributed by atoms with Crippen LogP contribution in [0.4, 0.5) is 0 Å². The average molecular weight is 336 g/mol. The van der Waals surface area contributed by atoms with Gasteiger partial charge < -0.3 is 5.11 Å². The zero-order valence-electron chi connectivity index (χ0n) is 11.4. The fourth-order valence-corrected chi connectivity index (χ4v) is 4.08. The van der Waals surface area contributed by atoms with Crippen LogP contribution in [0.2, 0.25) is 0 Å². The number of benzene rings is 1. The van der Waals surface area contributed by atoms with Gasteiger partial charge in [0.25, 0.3) is 0 Å². The third-order valence-electron chi connectivity index (χ3n) is 4.75. The average Bonchev–Trinajstić information content (AvgIpc) is 2.64. The van der Waals surface area contributed by atoms with Gasteiger partial charge in [-0.15, -0.1) is 0 Å². The first-order chi connectivity index (χ1) is 9.68. The number of hydrogen-bond donors (Lipinski definition) is 1. The summed E-state index contributed by atoms with van der Waals surface area (Å²) in [6.45, 7) is 0. The molecule has 1 fully saturated rings. The molecule has 1 N–H and O–H groups in total. The van der Waals surface area contributed by atoms with E-state index in [1.165, 1.54) is 30.4 Å². The molecule has 0 amide bonds. The number of phenolic OH excluding ortho intramolecular Hbond substituents is 1. The van der Waals surface area contributed by atoms with E-state index in [2.05, 4.69) is 27.0 Å². The molecule has 3 rings (SSSR count). The topological polar surface area (TPSA) is 49.7 Å². The molecule has 2 aliphatic rings. The van der Waals surface area contributed by atoms with Crippen LogP contribution in [0.15, 0.2) is 15.5 Å². The van der Waals surface area contributed by atoms with Crippen LogP contribution in [0.5, 0.6) is 5.75 Å². The van der Waals surface area contributed by atoms with Crippen molar-refractivity contribution in [1.82, 2.24) is 0 Å². The molecule has 0 aromatic heterocycles. The Morgan fingerprint density at radius 3 is 2.60 bits per heavy atom. The van der Waals surface area contributed by atoms with E-state index in [9.17, 15) is 9.90 Å². The number of nitrogens with zero attached hydrogens (tertiary/aromatic N) is 1. The predicted octanol–water partition coefficient (Wildman–Crippen LogP) is 4.14. The van der Waals surface area contributed by atoms with Gasteiger partial charge in [-0.3, -0.25) is 0 Å². The molecule has 2 aliphatic carbocycles. The van der Waals surface area contributed by atoms with Crippen molar-refractivity contribution in [3.8, 4) is 5.75 Å². The monoisotopic (exact) mass is 335 g/mol. The van der Waals surface area contributed by atoms with Crippen LogP contribution in [0, 0.1) is 0 Å². The summed E-state index contributed by atoms with van der Waals surface area (Å²) in [4.78, 5) is 14.8. The van der Waals surface area contributed by atoms with Crippen molar-refractivity contribution >= 4 is 22.0 Å². The third kappa shape index (κ3) is 2.11. The molecule has 20 heavy (non-hydrogen) atoms. The van der Waals surface area contributed by atoms with Crippen molar-refractivity contribution in [1.29, 1.82) is 0 Å². The van der Waals surface area contributed by atoms with Crippen LogP contribution >= 0.6 is 15.9 Å². The normalized spacial score (nSPS) is 20.2. The number of carbonyl (C=O) groups excluding carboxylic acids is 1. The van der Waals surface area contributed by atoms with Gasteiger partial charge in [-0.25, -0.2) is 4.79 Å². The van der Waals surface area contributed by atoms with Crippen LogP contribution in [0.1, 0.15) is 55.2 Å². The summed E-state index contributed by atoms with van der Waals surface area (Å²) in [5, 5.41) is 10.5. The quantitative estimate of drug-likeness (QED) is 0.501. The summed E-state index contributed by atoms with van der Waals surface area (Å²) in [5.41, 5.74) is 2.80. The number of aliphatic imine (C=N–C) groups is 1. The number of rotatable bonds is 2. The zero-order valence-corrected chi connectivity index (χ0v) is 13.0. The number of hydrogen-bond acceptors (Lipinski definition) is 3. The lowest BCUT2D eigenvalue weighted by Crippen LogP contribution is -2.32. The number of phenols is 1. The van der Waals surface area contributed by atoms with E-state index in [0.29, 0.717) is 0 Å². The fourth-order valence-electron chi connectivity index (χ4n) is 3.41. The summed E-state index contributed by atoms with van der Waals surface area (Å²) >= 11 is 3.56. The van der Waals surface area contributed by atoms with Crippen LogP contribution in [-0.4, -0.2) is 11.2 Å². The molecule has 0 radical (unpaired) electrons. The Morgan fingerprint density at radius 1 is 1.20 bits per heavy atom. The molecule has 1 aromatic carbocycles. The van der Waals surface area contributed by atoms with Gasteiger partial charge in [0.1, 0.15) is 11.3 Å². The molecular formula is C16H18BrNO2. The Bertz CT molecular complexity index is 587. The highest BCUT2D eigenvalue weighted by molar-refractivity contribution is 9.10. The lowest BCUT2D eigenvalue weighted by atomic mass is 9.71. The van der Waals surface area contributed by atoms with E-state index in [-0.39, 0.29) is 5.75 Å². The molecule has 0 atom stereocenters. The fraction of sp³-hybridized carbons (Fsp3) is 0.562. The highest BCUT2D eigenvalue weighted by atomic mass is 79.9. The van der Waals surface area contributed by atoms with Gasteiger partial charge in [-0.1, -0.05) is 6.42 Å². The van der Waals surface area contributed by atoms with E-state index < -0.39 is 5.54 Å². The van der Waals surface area contributed by atoms with Gasteiger partial charge in [-0.05, 0) is 78.1 Å². The Morgan fingerprint density at radius 2 is 1.95 bits per heavy atom. The molecule has 0 bridgehead atoms. The van der Waals surface area contributed by atoms with E-state index in [0.717, 1.165) is 42.1 Å². The molecule has 3 nitrogen and oxygen atoms in total. The standard InChI is InChI=1S/C16H18BrNO2/c17-14-12-6-3-1-2-5-11(12)9-13(15(14)20)16(18-10-19)7-4-8-16/h9,20H,1-8H2. The molecule has 0 heterocycles. The number of halogens is 1. The number of aromatic hydroxyl groups is 1. The van der Waals surface area contributed by atoms with Crippen LogP contribution in [-0.2, 0) is 23.2 Å². The lowest BCUT2D eigenvalue weighted by Gasteiger charge is -2.38. The summed E-state index contributed by atoms with van der Waals surface area (Å²) < 4.78 is 0.805. The number of isocyanates is 1. The van der Waals surface area contributed by atoms with Crippen molar-refractivity contribution in [2.45, 2.75) is 56.9 Å². The molecule has 4 heteroatoms. The van der Waals surface area contributed by atoms with E-state index in [1.807, 2.05) is 0 Å². The van der Waals surface area contributed by atoms with Gasteiger partial charge >= 0.3 is 0 Å². The first-order valence-corrected chi connectivity index (χ1v) is 8.10. The second kappa shape index (κ2) is 5.34. The van der Waals surface area contributed by atoms with Crippen LogP contribution in [0.25, 0.3) is 0 Å². The van der Waals surface area contributed by atoms with E-state index in [4.69, 9.17) is 0 Å². The van der Waals surface area contributed by atoms with Gasteiger partial charge in [0.15, 0.2) is 0 Å². The van der Waals surface area contributed by atoms with Gasteiger partial charge in [0, 0.05) is 5.56 Å². The summed E-state index contributed by atoms with van der Waals surface area (Å²) in [6.07, 6.45) is 10.0. The molecule has 0 unspecified atom stereocenters. The highest BCUT2D eigenvalue weighted by Crippen LogP contribution is 2.51. The summed E-state index contributed by atoms with van der Waals surface area (Å²) in [5.74, 6) is 0.268. The SMILES string of the molecule is O=C=NC1(c2cc3c(c(Br)c2O)CCCCC3)CCC1. The minimum atomic E-state index is -0.532. The Hall–Kier alpha value is -1.12. The Balaban J connectivity index is 2.15. The second-order valence-corrected chi connectivity index (χ2v) is 6.67. The molecule has 0 aliphatic heterocycles. The van der Waals surface area contributed by atoms with E-state index >= 15 is 0 Å². The Kier molecular flexibility index (Phi) is 3.70. The van der Waals surface area contributed by atoms with Crippen molar-refractivity contribution in [3.05, 3.63) is 27.2 Å². The molecule has 1 aromatic rings. The largest absolute Gasteiger partial charge is 0.506 e. The molecule has 0 spiro atoms. The first kappa shape index (κ1) is 13.8. The molecule has 0 saturated heterocycles. The summed E-state index contributed by atoms with van der Waals surface area (Å²) in [6, 6.07) is 2.08. The minimum absolute atomic E-state index is 0.268. The molecule has 106 valence electrons. The van der Waals surface area contributed by atoms with Gasteiger partial charge in [-0.2, -0.15) is 4.99 Å². The van der Waals surface area contributed by atoms with Crippen molar-refractivity contribution in [3.63, 3.8) is 0 Å². The smallest absolute Gasteiger partial charge is 0.235 e. The molecular weight excluding hydrogens is 318 g/mol. The lowest BCUT2D eigenvalue weighted by molar-refractivity contribution is 0.247. The molecule has 1 saturated carbocycles. The number of aryl methyl sites for hydroxylation is 1. The maximum absolute atomic E-state index is 10.7. The van der Waals surface area contributed by atoms with Crippen LogP contribution < -0.4 is 0 Å². The van der Waals surface area contributed by atoms with Crippen molar-refractivity contribution < 1.29 is 9.90 Å². The number of fused-ring (bicyclic) bond motifs is 1. The Labute approximate surface area is 127 Å².